The third kappa shape index (κ3) is 3.52. The zero-order chi connectivity index (χ0) is 19.5. The van der Waals surface area contributed by atoms with Crippen molar-refractivity contribution in [2.24, 2.45) is 0 Å². The Hall–Kier alpha value is -3.81. The van der Waals surface area contributed by atoms with E-state index in [2.05, 4.69) is 34.9 Å². The molecule has 1 fully saturated rings. The smallest absolute Gasteiger partial charge is 0.251 e. The van der Waals surface area contributed by atoms with Crippen LogP contribution in [-0.2, 0) is 0 Å². The second-order valence-corrected chi connectivity index (χ2v) is 6.68. The van der Waals surface area contributed by atoms with E-state index in [0.717, 1.165) is 49.1 Å². The van der Waals surface area contributed by atoms with Gasteiger partial charge in [-0.1, -0.05) is 18.2 Å². The quantitative estimate of drug-likeness (QED) is 0.530. The number of hydrogen-bond acceptors (Lipinski definition) is 8. The Bertz CT molecular complexity index is 1080. The Morgan fingerprint density at radius 2 is 1.34 bits per heavy atom. The highest BCUT2D eigenvalue weighted by Crippen LogP contribution is 2.30. The van der Waals surface area contributed by atoms with E-state index in [9.17, 15) is 0 Å². The standard InChI is InChI=1S/C21H19N7O/c1-2-6-16(7-3-1)19-25-26-20(29-19)17-8-4-9-22-18(17)27-12-14-28(15-13-27)21-23-10-5-11-24-21/h1-11H,12-15H2. The number of benzene rings is 1. The highest BCUT2D eigenvalue weighted by molar-refractivity contribution is 5.70. The molecule has 0 spiro atoms. The predicted molar refractivity (Wildman–Crippen MR) is 109 cm³/mol. The summed E-state index contributed by atoms with van der Waals surface area (Å²) < 4.78 is 5.96. The maximum atomic E-state index is 5.96. The van der Waals surface area contributed by atoms with Crippen LogP contribution in [0.2, 0.25) is 0 Å². The van der Waals surface area contributed by atoms with Crippen molar-refractivity contribution in [1.82, 2.24) is 25.1 Å². The van der Waals surface area contributed by atoms with E-state index in [1.54, 1.807) is 18.6 Å². The van der Waals surface area contributed by atoms with Gasteiger partial charge >= 0.3 is 0 Å². The van der Waals surface area contributed by atoms with Crippen LogP contribution in [0.25, 0.3) is 22.9 Å². The molecule has 1 saturated heterocycles. The normalized spacial score (nSPS) is 14.2. The van der Waals surface area contributed by atoms with Gasteiger partial charge in [-0.15, -0.1) is 10.2 Å². The first-order chi connectivity index (χ1) is 14.4. The summed E-state index contributed by atoms with van der Waals surface area (Å²) in [6.07, 6.45) is 5.33. The van der Waals surface area contributed by atoms with Crippen LogP contribution in [0, 0.1) is 0 Å². The molecule has 0 unspecified atom stereocenters. The number of anilines is 2. The van der Waals surface area contributed by atoms with E-state index >= 15 is 0 Å². The second kappa shape index (κ2) is 7.67. The minimum Gasteiger partial charge on any atom is -0.416 e. The fourth-order valence-electron chi connectivity index (χ4n) is 3.42. The van der Waals surface area contributed by atoms with Crippen molar-refractivity contribution >= 4 is 11.8 Å². The Kier molecular flexibility index (Phi) is 4.57. The molecule has 29 heavy (non-hydrogen) atoms. The van der Waals surface area contributed by atoms with Crippen LogP contribution in [0.5, 0.6) is 0 Å². The molecule has 8 heteroatoms. The summed E-state index contributed by atoms with van der Waals surface area (Å²) in [7, 11) is 0. The van der Waals surface area contributed by atoms with E-state index in [0.29, 0.717) is 11.8 Å². The molecule has 0 atom stereocenters. The number of pyridine rings is 1. The van der Waals surface area contributed by atoms with Gasteiger partial charge in [-0.2, -0.15) is 0 Å². The third-order valence-corrected chi connectivity index (χ3v) is 4.88. The molecule has 1 aliphatic heterocycles. The van der Waals surface area contributed by atoms with Gasteiger partial charge in [-0.25, -0.2) is 15.0 Å². The molecule has 8 nitrogen and oxygen atoms in total. The third-order valence-electron chi connectivity index (χ3n) is 4.88. The summed E-state index contributed by atoms with van der Waals surface area (Å²) in [6.45, 7) is 3.25. The Morgan fingerprint density at radius 1 is 0.655 bits per heavy atom. The van der Waals surface area contributed by atoms with E-state index in [1.165, 1.54) is 0 Å². The van der Waals surface area contributed by atoms with Gasteiger partial charge in [0.1, 0.15) is 5.82 Å². The molecule has 0 N–H and O–H groups in total. The summed E-state index contributed by atoms with van der Waals surface area (Å²) in [5.41, 5.74) is 1.74. The summed E-state index contributed by atoms with van der Waals surface area (Å²) in [6, 6.07) is 15.4. The highest BCUT2D eigenvalue weighted by atomic mass is 16.4. The summed E-state index contributed by atoms with van der Waals surface area (Å²) >= 11 is 0. The number of rotatable bonds is 4. The number of piperazine rings is 1. The predicted octanol–water partition coefficient (Wildman–Crippen LogP) is 2.92. The highest BCUT2D eigenvalue weighted by Gasteiger charge is 2.24. The van der Waals surface area contributed by atoms with Gasteiger partial charge in [0.25, 0.3) is 5.89 Å². The van der Waals surface area contributed by atoms with Crippen molar-refractivity contribution < 1.29 is 4.42 Å². The van der Waals surface area contributed by atoms with Gasteiger partial charge in [0, 0.05) is 50.3 Å². The van der Waals surface area contributed by atoms with Crippen LogP contribution in [0.15, 0.2) is 71.5 Å². The molecule has 1 aromatic carbocycles. The molecule has 0 amide bonds. The van der Waals surface area contributed by atoms with Crippen LogP contribution in [0.4, 0.5) is 11.8 Å². The fourth-order valence-corrected chi connectivity index (χ4v) is 3.42. The monoisotopic (exact) mass is 385 g/mol. The molecule has 0 aliphatic carbocycles. The summed E-state index contributed by atoms with van der Waals surface area (Å²) in [4.78, 5) is 17.7. The van der Waals surface area contributed by atoms with Crippen molar-refractivity contribution in [2.45, 2.75) is 0 Å². The van der Waals surface area contributed by atoms with Crippen molar-refractivity contribution in [2.75, 3.05) is 36.0 Å². The summed E-state index contributed by atoms with van der Waals surface area (Å²) in [5.74, 6) is 2.59. The lowest BCUT2D eigenvalue weighted by molar-refractivity contribution is 0.582. The molecule has 4 aromatic rings. The zero-order valence-corrected chi connectivity index (χ0v) is 15.7. The van der Waals surface area contributed by atoms with E-state index < -0.39 is 0 Å². The van der Waals surface area contributed by atoms with E-state index in [1.807, 2.05) is 48.5 Å². The molecule has 0 bridgehead atoms. The first kappa shape index (κ1) is 17.3. The number of nitrogens with zero attached hydrogens (tertiary/aromatic N) is 7. The van der Waals surface area contributed by atoms with Crippen molar-refractivity contribution in [1.29, 1.82) is 0 Å². The van der Waals surface area contributed by atoms with Crippen LogP contribution in [0.1, 0.15) is 0 Å². The van der Waals surface area contributed by atoms with Gasteiger partial charge < -0.3 is 14.2 Å². The van der Waals surface area contributed by atoms with E-state index in [-0.39, 0.29) is 0 Å². The number of hydrogen-bond donors (Lipinski definition) is 0. The maximum Gasteiger partial charge on any atom is 0.251 e. The SMILES string of the molecule is c1ccc(-c2nnc(-c3cccnc3N3CCN(c4ncccn4)CC3)o2)cc1. The molecule has 144 valence electrons. The first-order valence-electron chi connectivity index (χ1n) is 9.50. The first-order valence-corrected chi connectivity index (χ1v) is 9.50. The molecule has 0 radical (unpaired) electrons. The van der Waals surface area contributed by atoms with Crippen LogP contribution in [-0.4, -0.2) is 51.3 Å². The van der Waals surface area contributed by atoms with Crippen molar-refractivity contribution in [3.63, 3.8) is 0 Å². The average Bonchev–Trinajstić information content (AvgIpc) is 3.31. The molecule has 5 rings (SSSR count). The Labute approximate surface area is 167 Å². The van der Waals surface area contributed by atoms with Crippen molar-refractivity contribution in [3.05, 3.63) is 67.1 Å². The number of aromatic nitrogens is 5. The summed E-state index contributed by atoms with van der Waals surface area (Å²) in [5, 5.41) is 8.48. The average molecular weight is 385 g/mol. The minimum absolute atomic E-state index is 0.473. The van der Waals surface area contributed by atoms with Gasteiger partial charge in [0.05, 0.1) is 5.56 Å². The molecule has 3 aromatic heterocycles. The molecular formula is C21H19N7O. The molecular weight excluding hydrogens is 366 g/mol. The maximum absolute atomic E-state index is 5.96. The molecule has 4 heterocycles. The minimum atomic E-state index is 0.473. The fraction of sp³-hybridized carbons (Fsp3) is 0.190. The lowest BCUT2D eigenvalue weighted by Gasteiger charge is -2.35. The zero-order valence-electron chi connectivity index (χ0n) is 15.7. The van der Waals surface area contributed by atoms with Crippen molar-refractivity contribution in [3.8, 4) is 22.9 Å². The van der Waals surface area contributed by atoms with Gasteiger partial charge in [-0.3, -0.25) is 0 Å². The van der Waals surface area contributed by atoms with E-state index in [4.69, 9.17) is 4.42 Å². The lowest BCUT2D eigenvalue weighted by Crippen LogP contribution is -2.47. The van der Waals surface area contributed by atoms with Gasteiger partial charge in [0.15, 0.2) is 0 Å². The van der Waals surface area contributed by atoms with Gasteiger partial charge in [-0.05, 0) is 30.3 Å². The largest absolute Gasteiger partial charge is 0.416 e. The molecule has 0 saturated carbocycles. The van der Waals surface area contributed by atoms with Gasteiger partial charge in [0.2, 0.25) is 11.8 Å². The topological polar surface area (TPSA) is 84.1 Å². The lowest BCUT2D eigenvalue weighted by atomic mass is 10.2. The Balaban J connectivity index is 1.38. The van der Waals surface area contributed by atoms with Crippen LogP contribution < -0.4 is 9.80 Å². The second-order valence-electron chi connectivity index (χ2n) is 6.68. The Morgan fingerprint density at radius 3 is 2.14 bits per heavy atom. The molecule has 1 aliphatic rings. The van der Waals surface area contributed by atoms with Crippen LogP contribution >= 0.6 is 0 Å². The van der Waals surface area contributed by atoms with Crippen LogP contribution in [0.3, 0.4) is 0 Å².